The predicted octanol–water partition coefficient (Wildman–Crippen LogP) is 3.37. The summed E-state index contributed by atoms with van der Waals surface area (Å²) in [6.07, 6.45) is 4.40. The molecule has 116 valence electrons. The number of piperidine rings is 1. The number of carbonyl (C=O) groups is 1. The molecule has 21 heavy (non-hydrogen) atoms. The molecule has 2 fully saturated rings. The van der Waals surface area contributed by atoms with Crippen LogP contribution in [0.2, 0.25) is 0 Å². The molecule has 3 nitrogen and oxygen atoms in total. The van der Waals surface area contributed by atoms with Crippen LogP contribution in [0.25, 0.3) is 0 Å². The topological polar surface area (TPSA) is 32.3 Å². The molecule has 0 radical (unpaired) electrons. The molecule has 0 saturated carbocycles. The minimum absolute atomic E-state index is 0. The Kier molecular flexibility index (Phi) is 5.28. The minimum atomic E-state index is -0.387. The summed E-state index contributed by atoms with van der Waals surface area (Å²) in [4.78, 5) is 14.3. The monoisotopic (exact) mass is 376 g/mol. The fraction of sp³-hybridized carbons (Fsp3) is 0.533. The van der Waals surface area contributed by atoms with Crippen LogP contribution in [0.5, 0.6) is 0 Å². The summed E-state index contributed by atoms with van der Waals surface area (Å²) in [5.74, 6) is -0.488. The first-order valence-corrected chi connectivity index (χ1v) is 7.81. The molecule has 2 heterocycles. The predicted molar refractivity (Wildman–Crippen MR) is 86.4 cm³/mol. The van der Waals surface area contributed by atoms with Gasteiger partial charge >= 0.3 is 0 Å². The van der Waals surface area contributed by atoms with E-state index in [2.05, 4.69) is 21.2 Å². The highest BCUT2D eigenvalue weighted by atomic mass is 79.9. The van der Waals surface area contributed by atoms with Crippen molar-refractivity contribution in [2.45, 2.75) is 43.8 Å². The first-order chi connectivity index (χ1) is 9.52. The Morgan fingerprint density at radius 3 is 2.48 bits per heavy atom. The Balaban J connectivity index is 0.00000161. The van der Waals surface area contributed by atoms with Crippen LogP contribution in [-0.4, -0.2) is 36.0 Å². The molecule has 2 aliphatic heterocycles. The van der Waals surface area contributed by atoms with E-state index >= 15 is 0 Å². The number of halogens is 3. The molecule has 2 atom stereocenters. The molecule has 2 aliphatic rings. The third-order valence-electron chi connectivity index (χ3n) is 4.43. The van der Waals surface area contributed by atoms with E-state index in [1.807, 2.05) is 7.05 Å². The average molecular weight is 378 g/mol. The van der Waals surface area contributed by atoms with Crippen LogP contribution in [0.1, 0.15) is 36.0 Å². The van der Waals surface area contributed by atoms with Gasteiger partial charge in [-0.05, 0) is 43.9 Å². The number of carbonyl (C=O) groups excluding carboxylic acids is 1. The van der Waals surface area contributed by atoms with Crippen molar-refractivity contribution < 1.29 is 9.18 Å². The molecular weight excluding hydrogens is 359 g/mol. The van der Waals surface area contributed by atoms with E-state index in [4.69, 9.17) is 0 Å². The van der Waals surface area contributed by atoms with Gasteiger partial charge in [0.1, 0.15) is 5.82 Å². The fourth-order valence-electron chi connectivity index (χ4n) is 3.39. The lowest BCUT2D eigenvalue weighted by Gasteiger charge is -2.35. The molecular formula is C15H19BrClFN2O. The van der Waals surface area contributed by atoms with Crippen molar-refractivity contribution in [3.8, 4) is 0 Å². The molecule has 0 aromatic heterocycles. The zero-order chi connectivity index (χ0) is 14.3. The highest BCUT2D eigenvalue weighted by Crippen LogP contribution is 2.30. The molecule has 2 saturated heterocycles. The molecule has 0 spiro atoms. The second kappa shape index (κ2) is 6.63. The van der Waals surface area contributed by atoms with E-state index in [1.54, 1.807) is 11.0 Å². The van der Waals surface area contributed by atoms with Crippen molar-refractivity contribution in [1.82, 2.24) is 10.2 Å². The van der Waals surface area contributed by atoms with E-state index in [0.29, 0.717) is 22.1 Å². The lowest BCUT2D eigenvalue weighted by molar-refractivity contribution is 0.0681. The van der Waals surface area contributed by atoms with Gasteiger partial charge in [0.25, 0.3) is 5.91 Å². The van der Waals surface area contributed by atoms with Crippen LogP contribution in [0, 0.1) is 5.82 Å². The first-order valence-electron chi connectivity index (χ1n) is 7.02. The molecule has 1 aromatic rings. The summed E-state index contributed by atoms with van der Waals surface area (Å²) in [7, 11) is 1.83. The van der Waals surface area contributed by atoms with Crippen LogP contribution < -0.4 is 5.32 Å². The molecule has 2 unspecified atom stereocenters. The van der Waals surface area contributed by atoms with Crippen molar-refractivity contribution in [3.05, 3.63) is 34.1 Å². The second-order valence-electron chi connectivity index (χ2n) is 5.84. The number of amides is 1. The third-order valence-corrected chi connectivity index (χ3v) is 4.88. The Morgan fingerprint density at radius 2 is 1.90 bits per heavy atom. The van der Waals surface area contributed by atoms with Gasteiger partial charge in [0.15, 0.2) is 0 Å². The van der Waals surface area contributed by atoms with Gasteiger partial charge in [-0.3, -0.25) is 4.79 Å². The second-order valence-corrected chi connectivity index (χ2v) is 6.75. The zero-order valence-electron chi connectivity index (χ0n) is 11.8. The number of nitrogens with one attached hydrogen (secondary N) is 1. The summed E-state index contributed by atoms with van der Waals surface area (Å²) >= 11 is 3.23. The average Bonchev–Trinajstić information content (AvgIpc) is 2.74. The van der Waals surface area contributed by atoms with Crippen molar-refractivity contribution in [1.29, 1.82) is 0 Å². The van der Waals surface area contributed by atoms with E-state index in [9.17, 15) is 9.18 Å². The minimum Gasteiger partial charge on any atom is -0.339 e. The highest BCUT2D eigenvalue weighted by Gasteiger charge is 2.36. The lowest BCUT2D eigenvalue weighted by Crippen LogP contribution is -2.48. The molecule has 0 aliphatic carbocycles. The van der Waals surface area contributed by atoms with Gasteiger partial charge in [0, 0.05) is 35.2 Å². The molecule has 3 rings (SSSR count). The Bertz CT molecular complexity index is 510. The number of benzene rings is 1. The number of fused-ring (bicyclic) bond motifs is 2. The maximum atomic E-state index is 13.4. The fourth-order valence-corrected chi connectivity index (χ4v) is 3.86. The van der Waals surface area contributed by atoms with E-state index in [1.165, 1.54) is 25.0 Å². The summed E-state index contributed by atoms with van der Waals surface area (Å²) in [5.41, 5.74) is 0.408. The Morgan fingerprint density at radius 1 is 1.29 bits per heavy atom. The van der Waals surface area contributed by atoms with Gasteiger partial charge in [0.2, 0.25) is 0 Å². The maximum absolute atomic E-state index is 13.4. The van der Waals surface area contributed by atoms with E-state index < -0.39 is 0 Å². The highest BCUT2D eigenvalue weighted by molar-refractivity contribution is 9.10. The number of hydrogen-bond acceptors (Lipinski definition) is 2. The summed E-state index contributed by atoms with van der Waals surface area (Å²) < 4.78 is 14.0. The van der Waals surface area contributed by atoms with Crippen molar-refractivity contribution >= 4 is 34.2 Å². The van der Waals surface area contributed by atoms with Gasteiger partial charge in [-0.1, -0.05) is 15.9 Å². The van der Waals surface area contributed by atoms with E-state index in [-0.39, 0.29) is 30.2 Å². The number of hydrogen-bond donors (Lipinski definition) is 1. The van der Waals surface area contributed by atoms with E-state index in [0.717, 1.165) is 12.8 Å². The van der Waals surface area contributed by atoms with Crippen molar-refractivity contribution in [2.75, 3.05) is 7.05 Å². The summed E-state index contributed by atoms with van der Waals surface area (Å²) in [5, 5.41) is 3.57. The van der Waals surface area contributed by atoms with Crippen LogP contribution in [0.3, 0.4) is 0 Å². The lowest BCUT2D eigenvalue weighted by atomic mass is 9.98. The van der Waals surface area contributed by atoms with Gasteiger partial charge in [-0.2, -0.15) is 0 Å². The molecule has 1 aromatic carbocycles. The van der Waals surface area contributed by atoms with Crippen molar-refractivity contribution in [2.24, 2.45) is 0 Å². The SMILES string of the molecule is CN(C(=O)c1cc(F)cc(Br)c1)C1CC2CCC(C1)N2.Cl. The normalized spacial score (nSPS) is 27.1. The number of rotatable bonds is 2. The number of nitrogens with zero attached hydrogens (tertiary/aromatic N) is 1. The van der Waals surface area contributed by atoms with Crippen LogP contribution in [-0.2, 0) is 0 Å². The van der Waals surface area contributed by atoms with Gasteiger partial charge in [-0.25, -0.2) is 4.39 Å². The first kappa shape index (κ1) is 16.7. The van der Waals surface area contributed by atoms with Gasteiger partial charge in [-0.15, -0.1) is 12.4 Å². The van der Waals surface area contributed by atoms with Crippen LogP contribution >= 0.6 is 28.3 Å². The largest absolute Gasteiger partial charge is 0.339 e. The molecule has 1 amide bonds. The van der Waals surface area contributed by atoms with Gasteiger partial charge in [0.05, 0.1) is 0 Å². The summed E-state index contributed by atoms with van der Waals surface area (Å²) in [6, 6.07) is 5.67. The zero-order valence-corrected chi connectivity index (χ0v) is 14.2. The molecule has 1 N–H and O–H groups in total. The standard InChI is InChI=1S/C15H18BrFN2O.ClH/c1-19(14-7-12-2-3-13(8-14)18-12)15(20)9-4-10(16)6-11(17)5-9;/h4-6,12-14,18H,2-3,7-8H2,1H3;1H. The molecule has 6 heteroatoms. The van der Waals surface area contributed by atoms with Crippen LogP contribution in [0.15, 0.2) is 22.7 Å². The third kappa shape index (κ3) is 3.58. The Labute approximate surface area is 138 Å². The summed E-state index contributed by atoms with van der Waals surface area (Å²) in [6.45, 7) is 0. The van der Waals surface area contributed by atoms with Gasteiger partial charge < -0.3 is 10.2 Å². The quantitative estimate of drug-likeness (QED) is 0.857. The van der Waals surface area contributed by atoms with Crippen molar-refractivity contribution in [3.63, 3.8) is 0 Å². The van der Waals surface area contributed by atoms with Crippen LogP contribution in [0.4, 0.5) is 4.39 Å². The smallest absolute Gasteiger partial charge is 0.253 e. The molecule has 2 bridgehead atoms. The maximum Gasteiger partial charge on any atom is 0.253 e. The Hall–Kier alpha value is -0.650.